The van der Waals surface area contributed by atoms with Gasteiger partial charge < -0.3 is 10.6 Å². The summed E-state index contributed by atoms with van der Waals surface area (Å²) < 4.78 is 0. The van der Waals surface area contributed by atoms with Crippen molar-refractivity contribution in [3.63, 3.8) is 0 Å². The van der Waals surface area contributed by atoms with Crippen molar-refractivity contribution in [2.45, 2.75) is 32.7 Å². The predicted octanol–water partition coefficient (Wildman–Crippen LogP) is -1.11. The molecule has 3 N–H and O–H groups in total. The molecule has 17 heavy (non-hydrogen) atoms. The van der Waals surface area contributed by atoms with Crippen LogP contribution in [-0.2, 0) is 14.4 Å². The molecule has 0 aromatic carbocycles. The molecule has 1 heterocycles. The van der Waals surface area contributed by atoms with Gasteiger partial charge in [0.15, 0.2) is 0 Å². The molecule has 3 amide bonds. The fourth-order valence-corrected chi connectivity index (χ4v) is 1.31. The van der Waals surface area contributed by atoms with E-state index in [9.17, 15) is 14.4 Å². The van der Waals surface area contributed by atoms with E-state index in [1.54, 1.807) is 13.8 Å². The van der Waals surface area contributed by atoms with Gasteiger partial charge in [0, 0.05) is 19.4 Å². The largest absolute Gasteiger partial charge is 0.355 e. The topological polar surface area (TPSA) is 99.7 Å². The standard InChI is InChI=1S/C10H16N4O3/c1-3-11-9(16)6(2)12-10(17)7-4-5-8(15)14-13-7/h6H,3-5H2,1-2H3,(H,11,16)(H,12,17)(H,14,15). The Morgan fingerprint density at radius 2 is 2.18 bits per heavy atom. The van der Waals surface area contributed by atoms with Crippen molar-refractivity contribution in [3.8, 4) is 0 Å². The fraction of sp³-hybridized carbons (Fsp3) is 0.600. The van der Waals surface area contributed by atoms with Gasteiger partial charge in [-0.15, -0.1) is 0 Å². The molecule has 0 bridgehead atoms. The molecule has 1 aliphatic rings. The first-order chi connectivity index (χ1) is 8.04. The number of amides is 3. The summed E-state index contributed by atoms with van der Waals surface area (Å²) in [4.78, 5) is 33.9. The summed E-state index contributed by atoms with van der Waals surface area (Å²) in [5, 5.41) is 8.76. The van der Waals surface area contributed by atoms with Gasteiger partial charge in [-0.25, -0.2) is 5.43 Å². The summed E-state index contributed by atoms with van der Waals surface area (Å²) in [6.07, 6.45) is 0.529. The number of nitrogens with one attached hydrogen (secondary N) is 3. The first-order valence-corrected chi connectivity index (χ1v) is 5.48. The van der Waals surface area contributed by atoms with Gasteiger partial charge in [-0.3, -0.25) is 14.4 Å². The molecule has 0 fully saturated rings. The van der Waals surface area contributed by atoms with Crippen molar-refractivity contribution in [2.24, 2.45) is 5.10 Å². The molecule has 1 atom stereocenters. The molecule has 0 saturated carbocycles. The number of nitrogens with zero attached hydrogens (tertiary/aromatic N) is 1. The Morgan fingerprint density at radius 3 is 2.71 bits per heavy atom. The van der Waals surface area contributed by atoms with Crippen LogP contribution in [-0.4, -0.2) is 36.0 Å². The molecule has 0 spiro atoms. The highest BCUT2D eigenvalue weighted by Gasteiger charge is 2.21. The lowest BCUT2D eigenvalue weighted by Crippen LogP contribution is -2.48. The van der Waals surface area contributed by atoms with Crippen LogP contribution in [0.1, 0.15) is 26.7 Å². The molecule has 0 aromatic rings. The zero-order valence-electron chi connectivity index (χ0n) is 9.87. The van der Waals surface area contributed by atoms with E-state index in [-0.39, 0.29) is 23.9 Å². The van der Waals surface area contributed by atoms with Crippen molar-refractivity contribution in [1.29, 1.82) is 0 Å². The monoisotopic (exact) mass is 240 g/mol. The van der Waals surface area contributed by atoms with Gasteiger partial charge in [0.2, 0.25) is 11.8 Å². The molecule has 0 aliphatic carbocycles. The van der Waals surface area contributed by atoms with Crippen LogP contribution >= 0.6 is 0 Å². The summed E-state index contributed by atoms with van der Waals surface area (Å²) >= 11 is 0. The smallest absolute Gasteiger partial charge is 0.268 e. The van der Waals surface area contributed by atoms with Crippen molar-refractivity contribution >= 4 is 23.4 Å². The Labute approximate surface area is 99.0 Å². The molecule has 7 heteroatoms. The quantitative estimate of drug-likeness (QED) is 0.581. The second-order valence-corrected chi connectivity index (χ2v) is 3.68. The minimum atomic E-state index is -0.622. The highest BCUT2D eigenvalue weighted by atomic mass is 16.2. The first-order valence-electron chi connectivity index (χ1n) is 5.48. The lowest BCUT2D eigenvalue weighted by atomic mass is 10.1. The van der Waals surface area contributed by atoms with Crippen molar-refractivity contribution in [2.75, 3.05) is 6.54 Å². The van der Waals surface area contributed by atoms with Gasteiger partial charge in [0.1, 0.15) is 11.8 Å². The molecule has 0 radical (unpaired) electrons. The first kappa shape index (κ1) is 13.1. The highest BCUT2D eigenvalue weighted by molar-refractivity contribution is 6.39. The second kappa shape index (κ2) is 5.97. The van der Waals surface area contributed by atoms with E-state index in [1.807, 2.05) is 0 Å². The van der Waals surface area contributed by atoms with Gasteiger partial charge in [-0.1, -0.05) is 0 Å². The third kappa shape index (κ3) is 3.86. The van der Waals surface area contributed by atoms with Gasteiger partial charge in [0.25, 0.3) is 5.91 Å². The maximum Gasteiger partial charge on any atom is 0.268 e. The molecule has 0 saturated heterocycles. The zero-order valence-corrected chi connectivity index (χ0v) is 9.87. The average molecular weight is 240 g/mol. The number of likely N-dealkylation sites (N-methyl/N-ethyl adjacent to an activating group) is 1. The fourth-order valence-electron chi connectivity index (χ4n) is 1.31. The lowest BCUT2D eigenvalue weighted by molar-refractivity contribution is -0.126. The van der Waals surface area contributed by atoms with Crippen molar-refractivity contribution in [3.05, 3.63) is 0 Å². The second-order valence-electron chi connectivity index (χ2n) is 3.68. The minimum absolute atomic E-state index is 0.210. The van der Waals surface area contributed by atoms with E-state index in [1.165, 1.54) is 0 Å². The van der Waals surface area contributed by atoms with Crippen LogP contribution in [0.25, 0.3) is 0 Å². The number of carbonyl (C=O) groups excluding carboxylic acids is 3. The molecule has 1 rings (SSSR count). The Kier molecular flexibility index (Phi) is 4.62. The summed E-state index contributed by atoms with van der Waals surface area (Å²) in [5.41, 5.74) is 2.47. The summed E-state index contributed by atoms with van der Waals surface area (Å²) in [5.74, 6) is -0.886. The molecule has 7 nitrogen and oxygen atoms in total. The molecule has 0 aromatic heterocycles. The molecule has 94 valence electrons. The number of hydrogen-bond donors (Lipinski definition) is 3. The summed E-state index contributed by atoms with van der Waals surface area (Å²) in [6, 6.07) is -0.622. The van der Waals surface area contributed by atoms with E-state index in [0.29, 0.717) is 13.0 Å². The maximum absolute atomic E-state index is 11.7. The van der Waals surface area contributed by atoms with E-state index in [0.717, 1.165) is 0 Å². The van der Waals surface area contributed by atoms with Gasteiger partial charge in [0.05, 0.1) is 0 Å². The Bertz CT molecular complexity index is 365. The Morgan fingerprint density at radius 1 is 1.47 bits per heavy atom. The van der Waals surface area contributed by atoms with E-state index in [4.69, 9.17) is 0 Å². The number of carbonyl (C=O) groups is 3. The van der Waals surface area contributed by atoms with Crippen LogP contribution in [0.2, 0.25) is 0 Å². The number of hydrogen-bond acceptors (Lipinski definition) is 4. The molecule has 1 aliphatic heterocycles. The lowest BCUT2D eigenvalue weighted by Gasteiger charge is -2.15. The Balaban J connectivity index is 2.49. The zero-order chi connectivity index (χ0) is 12.8. The van der Waals surface area contributed by atoms with Crippen molar-refractivity contribution < 1.29 is 14.4 Å². The number of rotatable bonds is 4. The third-order valence-corrected chi connectivity index (χ3v) is 2.26. The summed E-state index contributed by atoms with van der Waals surface area (Å²) in [6.45, 7) is 3.90. The highest BCUT2D eigenvalue weighted by Crippen LogP contribution is 1.99. The normalized spacial score (nSPS) is 16.6. The summed E-state index contributed by atoms with van der Waals surface area (Å²) in [7, 11) is 0. The third-order valence-electron chi connectivity index (χ3n) is 2.26. The average Bonchev–Trinajstić information content (AvgIpc) is 2.30. The van der Waals surface area contributed by atoms with Crippen LogP contribution in [0.4, 0.5) is 0 Å². The molecular formula is C10H16N4O3. The number of hydrazone groups is 1. The van der Waals surface area contributed by atoms with Crippen LogP contribution in [0, 0.1) is 0 Å². The van der Waals surface area contributed by atoms with Crippen LogP contribution in [0.15, 0.2) is 5.10 Å². The van der Waals surface area contributed by atoms with Crippen LogP contribution in [0.5, 0.6) is 0 Å². The molecular weight excluding hydrogens is 224 g/mol. The Hall–Kier alpha value is -1.92. The van der Waals surface area contributed by atoms with Crippen molar-refractivity contribution in [1.82, 2.24) is 16.1 Å². The van der Waals surface area contributed by atoms with E-state index >= 15 is 0 Å². The SMILES string of the molecule is CCNC(=O)C(C)NC(=O)C1=NNC(=O)CC1. The molecule has 1 unspecified atom stereocenters. The minimum Gasteiger partial charge on any atom is -0.355 e. The van der Waals surface area contributed by atoms with E-state index < -0.39 is 11.9 Å². The van der Waals surface area contributed by atoms with Gasteiger partial charge >= 0.3 is 0 Å². The van der Waals surface area contributed by atoms with Gasteiger partial charge in [-0.05, 0) is 13.8 Å². The van der Waals surface area contributed by atoms with E-state index in [2.05, 4.69) is 21.2 Å². The van der Waals surface area contributed by atoms with Crippen LogP contribution < -0.4 is 16.1 Å². The maximum atomic E-state index is 11.7. The predicted molar refractivity (Wildman–Crippen MR) is 61.1 cm³/mol. The van der Waals surface area contributed by atoms with Crippen LogP contribution in [0.3, 0.4) is 0 Å². The van der Waals surface area contributed by atoms with Gasteiger partial charge in [-0.2, -0.15) is 5.10 Å².